The zero-order valence-corrected chi connectivity index (χ0v) is 7.71. The van der Waals surface area contributed by atoms with Crippen LogP contribution < -0.4 is 5.32 Å². The lowest BCUT2D eigenvalue weighted by Gasteiger charge is -2.02. The molecule has 13 heavy (non-hydrogen) atoms. The van der Waals surface area contributed by atoms with Crippen molar-refractivity contribution in [2.45, 2.75) is 6.54 Å². The van der Waals surface area contributed by atoms with Gasteiger partial charge in [0.15, 0.2) is 0 Å². The average molecular weight is 200 g/mol. The minimum atomic E-state index is -0.479. The molecule has 0 saturated heterocycles. The summed E-state index contributed by atoms with van der Waals surface area (Å²) in [5, 5.41) is 11.6. The van der Waals surface area contributed by atoms with Gasteiger partial charge in [-0.2, -0.15) is 0 Å². The molecule has 0 radical (unpaired) electrons. The number of carbonyl (C=O) groups excluding carboxylic acids is 1. The molecule has 0 spiro atoms. The smallest absolute Gasteiger partial charge is 0.245 e. The third kappa shape index (κ3) is 3.44. The van der Waals surface area contributed by atoms with Crippen molar-refractivity contribution in [3.05, 3.63) is 34.9 Å². The molecule has 0 aromatic heterocycles. The van der Waals surface area contributed by atoms with Crippen LogP contribution in [0.4, 0.5) is 0 Å². The number of rotatable bonds is 3. The lowest BCUT2D eigenvalue weighted by Crippen LogP contribution is -2.25. The highest BCUT2D eigenvalue weighted by Crippen LogP contribution is 2.08. The molecule has 1 aromatic rings. The minimum Gasteiger partial charge on any atom is -0.387 e. The van der Waals surface area contributed by atoms with Gasteiger partial charge in [-0.05, 0) is 17.7 Å². The topological polar surface area (TPSA) is 49.3 Å². The van der Waals surface area contributed by atoms with E-state index in [0.29, 0.717) is 11.6 Å². The number of aliphatic hydroxyl groups is 1. The Balaban J connectivity index is 2.46. The number of benzene rings is 1. The molecule has 2 N–H and O–H groups in total. The van der Waals surface area contributed by atoms with E-state index in [1.807, 2.05) is 12.1 Å². The first-order valence-electron chi connectivity index (χ1n) is 3.84. The average Bonchev–Trinajstić information content (AvgIpc) is 2.16. The van der Waals surface area contributed by atoms with E-state index in [2.05, 4.69) is 5.32 Å². The van der Waals surface area contributed by atoms with Crippen LogP contribution in [0.3, 0.4) is 0 Å². The van der Waals surface area contributed by atoms with Crippen molar-refractivity contribution in [3.8, 4) is 0 Å². The van der Waals surface area contributed by atoms with Crippen LogP contribution in [0.1, 0.15) is 5.56 Å². The zero-order chi connectivity index (χ0) is 9.68. The fourth-order valence-corrected chi connectivity index (χ4v) is 0.985. The van der Waals surface area contributed by atoms with Crippen molar-refractivity contribution in [2.75, 3.05) is 6.61 Å². The SMILES string of the molecule is O=C(CO)NCc1ccc(Cl)cc1. The fraction of sp³-hybridized carbons (Fsp3) is 0.222. The Kier molecular flexibility index (Phi) is 3.73. The summed E-state index contributed by atoms with van der Waals surface area (Å²) in [6.45, 7) is -0.0653. The summed E-state index contributed by atoms with van der Waals surface area (Å²) in [6.07, 6.45) is 0. The van der Waals surface area contributed by atoms with E-state index >= 15 is 0 Å². The van der Waals surface area contributed by atoms with E-state index in [9.17, 15) is 4.79 Å². The van der Waals surface area contributed by atoms with Gasteiger partial charge in [0, 0.05) is 11.6 Å². The fourth-order valence-electron chi connectivity index (χ4n) is 0.859. The van der Waals surface area contributed by atoms with Crippen LogP contribution >= 0.6 is 11.6 Å². The van der Waals surface area contributed by atoms with Crippen molar-refractivity contribution >= 4 is 17.5 Å². The molecule has 0 aliphatic carbocycles. The molecule has 0 unspecified atom stereocenters. The molecule has 0 bridgehead atoms. The van der Waals surface area contributed by atoms with Gasteiger partial charge in [0.25, 0.3) is 0 Å². The Morgan fingerprint density at radius 1 is 1.38 bits per heavy atom. The van der Waals surface area contributed by atoms with Crippen molar-refractivity contribution in [1.82, 2.24) is 5.32 Å². The number of hydrogen-bond donors (Lipinski definition) is 2. The van der Waals surface area contributed by atoms with Crippen molar-refractivity contribution in [3.63, 3.8) is 0 Å². The van der Waals surface area contributed by atoms with Gasteiger partial charge in [0.1, 0.15) is 6.61 Å². The van der Waals surface area contributed by atoms with Crippen LogP contribution in [0.25, 0.3) is 0 Å². The lowest BCUT2D eigenvalue weighted by atomic mass is 10.2. The van der Waals surface area contributed by atoms with Gasteiger partial charge in [-0.25, -0.2) is 0 Å². The Morgan fingerprint density at radius 2 is 2.00 bits per heavy atom. The highest BCUT2D eigenvalue weighted by atomic mass is 35.5. The van der Waals surface area contributed by atoms with Crippen molar-refractivity contribution in [2.24, 2.45) is 0 Å². The summed E-state index contributed by atoms with van der Waals surface area (Å²) in [7, 11) is 0. The molecule has 0 aliphatic rings. The first-order chi connectivity index (χ1) is 6.22. The predicted octanol–water partition coefficient (Wildman–Crippen LogP) is 0.948. The van der Waals surface area contributed by atoms with Gasteiger partial charge < -0.3 is 10.4 Å². The number of nitrogens with one attached hydrogen (secondary N) is 1. The molecule has 0 aliphatic heterocycles. The van der Waals surface area contributed by atoms with Gasteiger partial charge >= 0.3 is 0 Å². The summed E-state index contributed by atoms with van der Waals surface area (Å²) in [5.41, 5.74) is 0.950. The van der Waals surface area contributed by atoms with Crippen molar-refractivity contribution in [1.29, 1.82) is 0 Å². The largest absolute Gasteiger partial charge is 0.387 e. The summed E-state index contributed by atoms with van der Waals surface area (Å²) < 4.78 is 0. The minimum absolute atomic E-state index is 0.380. The summed E-state index contributed by atoms with van der Waals surface area (Å²) in [6, 6.07) is 7.14. The van der Waals surface area contributed by atoms with E-state index in [1.165, 1.54) is 0 Å². The summed E-state index contributed by atoms with van der Waals surface area (Å²) in [4.78, 5) is 10.7. The Labute approximate surface area is 81.3 Å². The molecule has 4 heteroatoms. The highest BCUT2D eigenvalue weighted by molar-refractivity contribution is 6.30. The van der Waals surface area contributed by atoms with Gasteiger partial charge in [0.05, 0.1) is 0 Å². The maximum atomic E-state index is 10.7. The molecule has 1 aromatic carbocycles. The quantitative estimate of drug-likeness (QED) is 0.762. The lowest BCUT2D eigenvalue weighted by molar-refractivity contribution is -0.123. The summed E-state index contributed by atoms with van der Waals surface area (Å²) in [5.74, 6) is -0.380. The number of carbonyl (C=O) groups is 1. The second kappa shape index (κ2) is 4.84. The molecule has 0 fully saturated rings. The Hall–Kier alpha value is -1.06. The second-order valence-corrected chi connectivity index (χ2v) is 3.00. The standard InChI is InChI=1S/C9H10ClNO2/c10-8-3-1-7(2-4-8)5-11-9(13)6-12/h1-4,12H,5-6H2,(H,11,13). The van der Waals surface area contributed by atoms with Crippen molar-refractivity contribution < 1.29 is 9.90 Å². The van der Waals surface area contributed by atoms with Crippen LogP contribution in [0.5, 0.6) is 0 Å². The van der Waals surface area contributed by atoms with E-state index in [4.69, 9.17) is 16.7 Å². The van der Waals surface area contributed by atoms with Crippen LogP contribution in [-0.2, 0) is 11.3 Å². The van der Waals surface area contributed by atoms with E-state index in [-0.39, 0.29) is 5.91 Å². The molecule has 70 valence electrons. The van der Waals surface area contributed by atoms with Crippen LogP contribution in [0, 0.1) is 0 Å². The Morgan fingerprint density at radius 3 is 2.54 bits per heavy atom. The molecule has 0 atom stereocenters. The van der Waals surface area contributed by atoms with Crippen LogP contribution in [-0.4, -0.2) is 17.6 Å². The normalized spacial score (nSPS) is 9.69. The van der Waals surface area contributed by atoms with Crippen LogP contribution in [0.15, 0.2) is 24.3 Å². The maximum absolute atomic E-state index is 10.7. The van der Waals surface area contributed by atoms with Gasteiger partial charge in [-0.1, -0.05) is 23.7 Å². The highest BCUT2D eigenvalue weighted by Gasteiger charge is 1.97. The van der Waals surface area contributed by atoms with Crippen LogP contribution in [0.2, 0.25) is 5.02 Å². The third-order valence-electron chi connectivity index (χ3n) is 1.55. The van der Waals surface area contributed by atoms with Gasteiger partial charge in [0.2, 0.25) is 5.91 Å². The molecule has 1 rings (SSSR count). The summed E-state index contributed by atoms with van der Waals surface area (Å²) >= 11 is 5.67. The van der Waals surface area contributed by atoms with E-state index < -0.39 is 6.61 Å². The maximum Gasteiger partial charge on any atom is 0.245 e. The Bertz CT molecular complexity index is 284. The zero-order valence-electron chi connectivity index (χ0n) is 6.96. The molecular formula is C9H10ClNO2. The number of amides is 1. The molecule has 0 heterocycles. The van der Waals surface area contributed by atoms with E-state index in [1.54, 1.807) is 12.1 Å². The second-order valence-electron chi connectivity index (χ2n) is 2.56. The number of halogens is 1. The van der Waals surface area contributed by atoms with Gasteiger partial charge in [-0.15, -0.1) is 0 Å². The molecular weight excluding hydrogens is 190 g/mol. The molecule has 0 saturated carbocycles. The molecule has 1 amide bonds. The van der Waals surface area contributed by atoms with E-state index in [0.717, 1.165) is 5.56 Å². The number of hydrogen-bond acceptors (Lipinski definition) is 2. The first-order valence-corrected chi connectivity index (χ1v) is 4.22. The van der Waals surface area contributed by atoms with Gasteiger partial charge in [-0.3, -0.25) is 4.79 Å². The molecule has 3 nitrogen and oxygen atoms in total. The first kappa shape index (κ1) is 10.0. The number of aliphatic hydroxyl groups excluding tert-OH is 1. The predicted molar refractivity (Wildman–Crippen MR) is 50.4 cm³/mol. The monoisotopic (exact) mass is 199 g/mol. The third-order valence-corrected chi connectivity index (χ3v) is 1.80.